The number of fused-ring (bicyclic) bond motifs is 1. The lowest BCUT2D eigenvalue weighted by atomic mass is 9.97. The number of amides is 1. The number of hydrogen-bond donors (Lipinski definition) is 1. The van der Waals surface area contributed by atoms with Gasteiger partial charge in [0, 0.05) is 42.8 Å². The van der Waals surface area contributed by atoms with E-state index in [0.717, 1.165) is 80.5 Å². The van der Waals surface area contributed by atoms with E-state index < -0.39 is 11.8 Å². The average molecular weight is 653 g/mol. The fourth-order valence-electron chi connectivity index (χ4n) is 6.53. The second kappa shape index (κ2) is 13.1. The van der Waals surface area contributed by atoms with E-state index in [2.05, 4.69) is 5.01 Å². The van der Waals surface area contributed by atoms with Gasteiger partial charge in [-0.25, -0.2) is 18.8 Å². The Labute approximate surface area is 276 Å². The van der Waals surface area contributed by atoms with Gasteiger partial charge in [0.25, 0.3) is 5.91 Å². The van der Waals surface area contributed by atoms with E-state index in [1.807, 2.05) is 52.0 Å². The van der Waals surface area contributed by atoms with Gasteiger partial charge in [-0.2, -0.15) is 0 Å². The zero-order valence-corrected chi connectivity index (χ0v) is 26.5. The highest BCUT2D eigenvalue weighted by atomic mass is 35.5. The van der Waals surface area contributed by atoms with Crippen LogP contribution in [-0.2, 0) is 6.61 Å². The maximum Gasteiger partial charge on any atom is 0.335 e. The van der Waals surface area contributed by atoms with Gasteiger partial charge in [0.2, 0.25) is 0 Å². The second-order valence-electron chi connectivity index (χ2n) is 12.1. The van der Waals surface area contributed by atoms with Crippen LogP contribution in [0.2, 0.25) is 5.02 Å². The van der Waals surface area contributed by atoms with Crippen LogP contribution in [0.25, 0.3) is 33.5 Å². The van der Waals surface area contributed by atoms with Crippen LogP contribution in [0.5, 0.6) is 5.75 Å². The number of carboxylic acid groups (broad SMARTS) is 1. The molecule has 0 spiro atoms. The molecule has 0 radical (unpaired) electrons. The summed E-state index contributed by atoms with van der Waals surface area (Å²) in [7, 11) is 0. The summed E-state index contributed by atoms with van der Waals surface area (Å²) in [5.41, 5.74) is 4.84. The largest absolute Gasteiger partial charge is 0.489 e. The Kier molecular flexibility index (Phi) is 8.56. The standard InChI is InChI=1S/C37H34ClFN4O4/c38-28-10-6-24(7-11-28)30-13-8-25(36(44)41-16-4-5-17-41)20-27(30)23-47-29-12-14-31(32(39)22-29)35-40-33-21-26(37(45)46)9-15-34(33)43(35)42-18-2-1-3-19-42/h6-15,20-22H,1-5,16-19,23H2,(H,45,46). The Morgan fingerprint density at radius 3 is 2.23 bits per heavy atom. The van der Waals surface area contributed by atoms with Gasteiger partial charge in [-0.15, -0.1) is 0 Å². The van der Waals surface area contributed by atoms with E-state index in [9.17, 15) is 14.7 Å². The molecule has 2 saturated heterocycles. The van der Waals surface area contributed by atoms with Crippen molar-refractivity contribution in [1.29, 1.82) is 0 Å². The fraction of sp³-hybridized carbons (Fsp3) is 0.270. The zero-order valence-electron chi connectivity index (χ0n) is 25.8. The minimum atomic E-state index is -1.04. The first-order chi connectivity index (χ1) is 22.9. The quantitative estimate of drug-likeness (QED) is 0.184. The van der Waals surface area contributed by atoms with Gasteiger partial charge >= 0.3 is 5.97 Å². The van der Waals surface area contributed by atoms with E-state index in [0.29, 0.717) is 27.7 Å². The second-order valence-corrected chi connectivity index (χ2v) is 12.5. The topological polar surface area (TPSA) is 87.9 Å². The fourth-order valence-corrected chi connectivity index (χ4v) is 6.65. The molecule has 3 heterocycles. The maximum atomic E-state index is 16.0. The lowest BCUT2D eigenvalue weighted by Crippen LogP contribution is -2.39. The Morgan fingerprint density at radius 1 is 0.809 bits per heavy atom. The zero-order chi connectivity index (χ0) is 32.5. The summed E-state index contributed by atoms with van der Waals surface area (Å²) in [5, 5.41) is 12.3. The van der Waals surface area contributed by atoms with Crippen LogP contribution in [0.4, 0.5) is 4.39 Å². The van der Waals surface area contributed by atoms with E-state index in [1.165, 1.54) is 12.1 Å². The van der Waals surface area contributed by atoms with Gasteiger partial charge in [0.05, 0.1) is 22.2 Å². The minimum absolute atomic E-state index is 0.00567. The predicted octanol–water partition coefficient (Wildman–Crippen LogP) is 7.80. The number of hydrogen-bond acceptors (Lipinski definition) is 5. The number of aromatic carboxylic acids is 1. The third-order valence-corrected chi connectivity index (χ3v) is 9.22. The molecular formula is C37H34ClFN4O4. The van der Waals surface area contributed by atoms with Gasteiger partial charge in [0.15, 0.2) is 5.82 Å². The molecule has 4 aromatic carbocycles. The van der Waals surface area contributed by atoms with Crippen LogP contribution in [-0.4, -0.2) is 57.7 Å². The van der Waals surface area contributed by atoms with Crippen molar-refractivity contribution in [2.24, 2.45) is 0 Å². The molecule has 2 fully saturated rings. The Morgan fingerprint density at radius 2 is 1.51 bits per heavy atom. The van der Waals surface area contributed by atoms with Gasteiger partial charge in [-0.1, -0.05) is 29.8 Å². The predicted molar refractivity (Wildman–Crippen MR) is 180 cm³/mol. The molecule has 10 heteroatoms. The number of piperidine rings is 1. The molecule has 0 bridgehead atoms. The lowest BCUT2D eigenvalue weighted by molar-refractivity contribution is 0.0696. The SMILES string of the molecule is O=C(O)c1ccc2c(c1)nc(-c1ccc(OCc3cc(C(=O)N4CCCC4)ccc3-c3ccc(Cl)cc3)cc1F)n2N1CCCCC1. The number of carbonyl (C=O) groups excluding carboxylic acids is 1. The van der Waals surface area contributed by atoms with Crippen molar-refractivity contribution in [2.75, 3.05) is 31.2 Å². The van der Waals surface area contributed by atoms with Crippen molar-refractivity contribution in [2.45, 2.75) is 38.7 Å². The molecule has 240 valence electrons. The number of ether oxygens (including phenoxy) is 1. The molecule has 0 unspecified atom stereocenters. The Balaban J connectivity index is 1.20. The Bertz CT molecular complexity index is 1960. The smallest absolute Gasteiger partial charge is 0.335 e. The van der Waals surface area contributed by atoms with Crippen LogP contribution in [0, 0.1) is 5.82 Å². The van der Waals surface area contributed by atoms with E-state index >= 15 is 4.39 Å². The molecule has 7 rings (SSSR count). The average Bonchev–Trinajstić information content (AvgIpc) is 3.76. The van der Waals surface area contributed by atoms with Gasteiger partial charge < -0.3 is 19.8 Å². The first-order valence-electron chi connectivity index (χ1n) is 16.0. The third kappa shape index (κ3) is 6.27. The van der Waals surface area contributed by atoms with Crippen molar-refractivity contribution in [3.8, 4) is 28.3 Å². The number of carbonyl (C=O) groups is 2. The highest BCUT2D eigenvalue weighted by Crippen LogP contribution is 2.32. The number of carboxylic acids is 1. The van der Waals surface area contributed by atoms with Crippen LogP contribution < -0.4 is 9.75 Å². The monoisotopic (exact) mass is 652 g/mol. The summed E-state index contributed by atoms with van der Waals surface area (Å²) < 4.78 is 24.0. The summed E-state index contributed by atoms with van der Waals surface area (Å²) in [6.07, 6.45) is 5.14. The highest BCUT2D eigenvalue weighted by Gasteiger charge is 2.24. The molecule has 1 aromatic heterocycles. The summed E-state index contributed by atoms with van der Waals surface area (Å²) >= 11 is 6.15. The molecule has 1 N–H and O–H groups in total. The molecule has 2 aliphatic rings. The van der Waals surface area contributed by atoms with Crippen LogP contribution in [0.1, 0.15) is 58.4 Å². The molecule has 1 amide bonds. The maximum absolute atomic E-state index is 16.0. The molecule has 2 aliphatic heterocycles. The highest BCUT2D eigenvalue weighted by molar-refractivity contribution is 6.30. The third-order valence-electron chi connectivity index (χ3n) is 8.97. The number of rotatable bonds is 8. The number of benzene rings is 4. The number of nitrogens with zero attached hydrogens (tertiary/aromatic N) is 4. The molecule has 8 nitrogen and oxygen atoms in total. The van der Waals surface area contributed by atoms with Crippen molar-refractivity contribution < 1.29 is 23.8 Å². The van der Waals surface area contributed by atoms with Crippen molar-refractivity contribution >= 4 is 34.5 Å². The Hall–Kier alpha value is -4.89. The van der Waals surface area contributed by atoms with Gasteiger partial charge in [-0.3, -0.25) is 4.79 Å². The summed E-state index contributed by atoms with van der Waals surface area (Å²) in [5.74, 6) is -0.817. The van der Waals surface area contributed by atoms with E-state index in [4.69, 9.17) is 21.3 Å². The summed E-state index contributed by atoms with van der Waals surface area (Å²) in [6.45, 7) is 3.19. The summed E-state index contributed by atoms with van der Waals surface area (Å²) in [4.78, 5) is 31.5. The first kappa shape index (κ1) is 30.7. The number of likely N-dealkylation sites (tertiary alicyclic amines) is 1. The minimum Gasteiger partial charge on any atom is -0.489 e. The molecule has 0 aliphatic carbocycles. The van der Waals surface area contributed by atoms with Crippen molar-refractivity contribution in [3.63, 3.8) is 0 Å². The van der Waals surface area contributed by atoms with Crippen molar-refractivity contribution in [1.82, 2.24) is 14.6 Å². The van der Waals surface area contributed by atoms with Crippen LogP contribution in [0.3, 0.4) is 0 Å². The molecule has 5 aromatic rings. The summed E-state index contributed by atoms with van der Waals surface area (Å²) in [6, 6.07) is 22.6. The van der Waals surface area contributed by atoms with Crippen molar-refractivity contribution in [3.05, 3.63) is 106 Å². The molecule has 47 heavy (non-hydrogen) atoms. The number of halogens is 2. The van der Waals surface area contributed by atoms with Gasteiger partial charge in [0.1, 0.15) is 18.2 Å². The van der Waals surface area contributed by atoms with Gasteiger partial charge in [-0.05, 0) is 103 Å². The lowest BCUT2D eigenvalue weighted by Gasteiger charge is -2.31. The van der Waals surface area contributed by atoms with Crippen LogP contribution in [0.15, 0.2) is 78.9 Å². The normalized spacial score (nSPS) is 14.9. The molecular weight excluding hydrogens is 619 g/mol. The number of aromatic nitrogens is 2. The first-order valence-corrected chi connectivity index (χ1v) is 16.4. The van der Waals surface area contributed by atoms with E-state index in [-0.39, 0.29) is 23.6 Å². The van der Waals surface area contributed by atoms with E-state index in [1.54, 1.807) is 24.3 Å². The van der Waals surface area contributed by atoms with Crippen LogP contribution >= 0.6 is 11.6 Å². The molecule has 0 saturated carbocycles. The molecule has 0 atom stereocenters. The number of imidazole rings is 1.